The van der Waals surface area contributed by atoms with Crippen LogP contribution in [0.1, 0.15) is 10.5 Å². The number of methoxy groups -OCH3 is 1. The Labute approximate surface area is 328 Å². The lowest BCUT2D eigenvalue weighted by Crippen LogP contribution is -2.35. The molecule has 3 N–H and O–H groups in total. The van der Waals surface area contributed by atoms with Crippen LogP contribution in [0.15, 0.2) is 132 Å². The molecule has 53 heavy (non-hydrogen) atoms. The Balaban J connectivity index is 0.000000204. The highest BCUT2D eigenvalue weighted by Gasteiger charge is 2.35. The third-order valence-electron chi connectivity index (χ3n) is 6.93. The fourth-order valence-corrected chi connectivity index (χ4v) is 7.47. The molecule has 6 rings (SSSR count). The smallest absolute Gasteiger partial charge is 0.411 e. The predicted molar refractivity (Wildman–Crippen MR) is 203 cm³/mol. The van der Waals surface area contributed by atoms with Crippen LogP contribution in [-0.2, 0) is 14.3 Å². The molecule has 0 unspecified atom stereocenters. The van der Waals surface area contributed by atoms with Gasteiger partial charge in [-0.1, -0.05) is 106 Å². The summed E-state index contributed by atoms with van der Waals surface area (Å²) in [6.45, 7) is 0. The van der Waals surface area contributed by atoms with Crippen LogP contribution in [0.2, 0.25) is 20.1 Å². The number of carboxylic acid groups (broad SMARTS) is 1. The molecule has 0 fully saturated rings. The summed E-state index contributed by atoms with van der Waals surface area (Å²) in [5.74, 6) is -2.76. The first-order valence-corrected chi connectivity index (χ1v) is 17.9. The van der Waals surface area contributed by atoms with Gasteiger partial charge >= 0.3 is 17.8 Å². The molecule has 1 aliphatic rings. The van der Waals surface area contributed by atoms with Crippen LogP contribution in [0, 0.1) is 0 Å². The zero-order valence-corrected chi connectivity index (χ0v) is 31.4. The average Bonchev–Trinajstić information content (AvgIpc) is 3.39. The SMILES string of the molecule is COC(=O)NC1=CC(=O)N(c2cc(Sc3ccccc3)c(Cl)cc2Cl)C1=O.O=C(O)c1cc(=O)n(-c2cc(Sc3ccccc3)c(Cl)cc2Cl)c(=O)[nH]1. The first-order chi connectivity index (χ1) is 25.3. The van der Waals surface area contributed by atoms with Gasteiger partial charge in [-0.25, -0.2) is 23.9 Å². The number of nitrogens with zero attached hydrogens (tertiary/aromatic N) is 2. The monoisotopic (exact) mass is 830 g/mol. The number of hydrogen-bond donors (Lipinski definition) is 3. The van der Waals surface area contributed by atoms with E-state index in [0.29, 0.717) is 19.8 Å². The van der Waals surface area contributed by atoms with Crippen LogP contribution in [0.3, 0.4) is 0 Å². The van der Waals surface area contributed by atoms with Crippen molar-refractivity contribution >= 4 is 99.5 Å². The van der Waals surface area contributed by atoms with E-state index < -0.39 is 40.8 Å². The third-order valence-corrected chi connectivity index (χ3v) is 10.5. The van der Waals surface area contributed by atoms with Gasteiger partial charge in [-0.3, -0.25) is 19.7 Å². The maximum atomic E-state index is 12.5. The number of carbonyl (C=O) groups is 4. The molecule has 0 saturated carbocycles. The van der Waals surface area contributed by atoms with Crippen molar-refractivity contribution in [3.63, 3.8) is 0 Å². The summed E-state index contributed by atoms with van der Waals surface area (Å²) in [6, 6.07) is 25.6. The van der Waals surface area contributed by atoms with Gasteiger partial charge in [0, 0.05) is 31.7 Å². The molecule has 270 valence electrons. The molecular formula is C35H22Cl4N4O8S2. The third kappa shape index (κ3) is 9.35. The van der Waals surface area contributed by atoms with E-state index in [9.17, 15) is 28.8 Å². The second-order valence-electron chi connectivity index (χ2n) is 10.4. The summed E-state index contributed by atoms with van der Waals surface area (Å²) in [5, 5.41) is 12.1. The quantitative estimate of drug-likeness (QED) is 0.131. The Kier molecular flexibility index (Phi) is 12.8. The number of nitrogens with one attached hydrogen (secondary N) is 2. The Morgan fingerprint density at radius 3 is 1.74 bits per heavy atom. The van der Waals surface area contributed by atoms with Gasteiger partial charge < -0.3 is 14.8 Å². The van der Waals surface area contributed by atoms with Crippen LogP contribution in [0.5, 0.6) is 0 Å². The van der Waals surface area contributed by atoms with Crippen molar-refractivity contribution in [2.45, 2.75) is 19.6 Å². The second-order valence-corrected chi connectivity index (χ2v) is 14.3. The summed E-state index contributed by atoms with van der Waals surface area (Å²) in [6.07, 6.45) is 0.153. The van der Waals surface area contributed by atoms with Crippen LogP contribution < -0.4 is 21.5 Å². The summed E-state index contributed by atoms with van der Waals surface area (Å²) < 4.78 is 5.21. The number of anilines is 1. The zero-order valence-electron chi connectivity index (χ0n) is 26.8. The van der Waals surface area contributed by atoms with E-state index in [1.54, 1.807) is 6.07 Å². The summed E-state index contributed by atoms with van der Waals surface area (Å²) in [7, 11) is 1.15. The molecule has 5 aromatic rings. The molecule has 12 nitrogen and oxygen atoms in total. The standard InChI is InChI=1S/C18H12Cl2N2O4S.C17H10Cl2N2O4S/c1-26-18(25)21-13-8-16(23)22(17(13)24)14-9-15(12(20)7-11(14)19)27-10-5-3-2-4-6-10;18-10-6-11(19)14(26-9-4-2-1-3-5-9)8-13(10)21-15(22)7-12(16(23)24)20-17(21)25/h2-9H,1H3,(H,21,25);1-8H,(H,20,25)(H,23,24). The number of hydrogen-bond acceptors (Lipinski definition) is 9. The lowest BCUT2D eigenvalue weighted by molar-refractivity contribution is -0.120. The van der Waals surface area contributed by atoms with Crippen LogP contribution in [0.4, 0.5) is 10.5 Å². The molecular weight excluding hydrogens is 810 g/mol. The normalized spacial score (nSPS) is 12.2. The van der Waals surface area contributed by atoms with E-state index in [-0.39, 0.29) is 27.1 Å². The van der Waals surface area contributed by atoms with E-state index >= 15 is 0 Å². The van der Waals surface area contributed by atoms with Crippen molar-refractivity contribution in [3.05, 3.63) is 149 Å². The molecule has 0 aliphatic carbocycles. The fourth-order valence-electron chi connectivity index (χ4n) is 4.55. The van der Waals surface area contributed by atoms with Gasteiger partial charge in [0.15, 0.2) is 0 Å². The number of aromatic carboxylic acids is 1. The number of imide groups is 1. The Morgan fingerprint density at radius 1 is 0.736 bits per heavy atom. The van der Waals surface area contributed by atoms with Gasteiger partial charge in [-0.15, -0.1) is 0 Å². The number of H-pyrrole nitrogens is 1. The number of alkyl carbamates (subject to hydrolysis) is 1. The highest BCUT2D eigenvalue weighted by molar-refractivity contribution is 7.99. The first kappa shape index (κ1) is 39.3. The molecule has 3 amide bonds. The number of aromatic amines is 1. The molecule has 0 atom stereocenters. The number of carbonyl (C=O) groups excluding carboxylic acids is 3. The summed E-state index contributed by atoms with van der Waals surface area (Å²) >= 11 is 27.6. The minimum absolute atomic E-state index is 0.0862. The van der Waals surface area contributed by atoms with Crippen molar-refractivity contribution in [2.24, 2.45) is 0 Å². The molecule has 0 spiro atoms. The largest absolute Gasteiger partial charge is 0.477 e. The number of benzene rings is 4. The van der Waals surface area contributed by atoms with Gasteiger partial charge in [0.05, 0.1) is 38.6 Å². The van der Waals surface area contributed by atoms with E-state index in [2.05, 4.69) is 15.0 Å². The van der Waals surface area contributed by atoms with Crippen LogP contribution in [-0.4, -0.2) is 45.6 Å². The molecule has 18 heteroatoms. The highest BCUT2D eigenvalue weighted by atomic mass is 35.5. The van der Waals surface area contributed by atoms with Gasteiger partial charge in [0.25, 0.3) is 17.4 Å². The minimum atomic E-state index is -1.41. The van der Waals surface area contributed by atoms with E-state index in [4.69, 9.17) is 51.5 Å². The number of aromatic nitrogens is 2. The lowest BCUT2D eigenvalue weighted by atomic mass is 10.3. The number of carboxylic acids is 1. The van der Waals surface area contributed by atoms with Crippen molar-refractivity contribution in [1.29, 1.82) is 0 Å². The van der Waals surface area contributed by atoms with E-state index in [1.807, 2.05) is 60.7 Å². The minimum Gasteiger partial charge on any atom is -0.477 e. The molecule has 2 heterocycles. The highest BCUT2D eigenvalue weighted by Crippen LogP contribution is 2.41. The molecule has 1 aromatic heterocycles. The maximum absolute atomic E-state index is 12.5. The van der Waals surface area contributed by atoms with Crippen molar-refractivity contribution in [3.8, 4) is 5.69 Å². The Bertz CT molecular complexity index is 2380. The van der Waals surface area contributed by atoms with Gasteiger partial charge in [0.2, 0.25) is 0 Å². The molecule has 0 saturated heterocycles. The predicted octanol–water partition coefficient (Wildman–Crippen LogP) is 7.94. The van der Waals surface area contributed by atoms with Crippen molar-refractivity contribution in [2.75, 3.05) is 12.0 Å². The summed E-state index contributed by atoms with van der Waals surface area (Å²) in [4.78, 5) is 77.7. The zero-order chi connectivity index (χ0) is 38.4. The topological polar surface area (TPSA) is 168 Å². The van der Waals surface area contributed by atoms with Crippen molar-refractivity contribution < 1.29 is 29.0 Å². The lowest BCUT2D eigenvalue weighted by Gasteiger charge is -2.18. The van der Waals surface area contributed by atoms with Crippen molar-refractivity contribution in [1.82, 2.24) is 14.9 Å². The Hall–Kier alpha value is -4.96. The number of halogens is 4. The van der Waals surface area contributed by atoms with E-state index in [1.165, 1.54) is 41.7 Å². The summed E-state index contributed by atoms with van der Waals surface area (Å²) in [5.41, 5.74) is -2.14. The average molecular weight is 833 g/mol. The second kappa shape index (κ2) is 17.2. The maximum Gasteiger partial charge on any atom is 0.411 e. The molecule has 4 aromatic carbocycles. The number of ether oxygens (including phenoxy) is 1. The van der Waals surface area contributed by atoms with Gasteiger partial charge in [-0.2, -0.15) is 0 Å². The fraction of sp³-hybridized carbons (Fsp3) is 0.0286. The van der Waals surface area contributed by atoms with E-state index in [0.717, 1.165) is 38.5 Å². The van der Waals surface area contributed by atoms with Crippen LogP contribution in [0.25, 0.3) is 5.69 Å². The number of rotatable bonds is 8. The molecule has 1 aliphatic heterocycles. The van der Waals surface area contributed by atoms with Crippen LogP contribution >= 0.6 is 69.9 Å². The Morgan fingerprint density at radius 2 is 1.25 bits per heavy atom. The van der Waals surface area contributed by atoms with Gasteiger partial charge in [0.1, 0.15) is 11.4 Å². The first-order valence-electron chi connectivity index (χ1n) is 14.8. The van der Waals surface area contributed by atoms with Gasteiger partial charge in [-0.05, 0) is 48.5 Å². The molecule has 0 bridgehead atoms. The molecule has 0 radical (unpaired) electrons. The number of amides is 3.